The monoisotopic (exact) mass is 366 g/mol. The van der Waals surface area contributed by atoms with Crippen molar-refractivity contribution in [1.82, 2.24) is 4.90 Å². The van der Waals surface area contributed by atoms with E-state index in [-0.39, 0.29) is 11.5 Å². The van der Waals surface area contributed by atoms with E-state index in [2.05, 4.69) is 4.99 Å². The van der Waals surface area contributed by atoms with Crippen molar-refractivity contribution in [2.75, 3.05) is 7.05 Å². The highest BCUT2D eigenvalue weighted by Gasteiger charge is 2.30. The van der Waals surface area contributed by atoms with Gasteiger partial charge in [0.2, 0.25) is 0 Å². The summed E-state index contributed by atoms with van der Waals surface area (Å²) in [6.07, 6.45) is 1.75. The van der Waals surface area contributed by atoms with Crippen molar-refractivity contribution in [3.63, 3.8) is 0 Å². The highest BCUT2D eigenvalue weighted by molar-refractivity contribution is 8.18. The number of carboxylic acid groups (broad SMARTS) is 1. The first-order chi connectivity index (χ1) is 12.3. The minimum atomic E-state index is -0.974. The highest BCUT2D eigenvalue weighted by atomic mass is 32.2. The second-order valence-corrected chi connectivity index (χ2v) is 7.10. The molecule has 2 aromatic rings. The van der Waals surface area contributed by atoms with Gasteiger partial charge < -0.3 is 5.11 Å². The van der Waals surface area contributed by atoms with E-state index in [9.17, 15) is 9.59 Å². The molecule has 2 aromatic carbocycles. The number of benzene rings is 2. The molecule has 0 bridgehead atoms. The number of carboxylic acids is 1. The van der Waals surface area contributed by atoms with E-state index >= 15 is 0 Å². The zero-order valence-corrected chi connectivity index (χ0v) is 15.5. The number of aryl methyl sites for hydroxylation is 2. The molecule has 1 fully saturated rings. The molecule has 5 nitrogen and oxygen atoms in total. The summed E-state index contributed by atoms with van der Waals surface area (Å²) in [5, 5.41) is 9.58. The van der Waals surface area contributed by atoms with E-state index in [0.29, 0.717) is 10.1 Å². The molecule has 3 rings (SSSR count). The molecule has 1 aliphatic rings. The summed E-state index contributed by atoms with van der Waals surface area (Å²) < 4.78 is 0. The van der Waals surface area contributed by atoms with Crippen LogP contribution in [0, 0.1) is 13.8 Å². The van der Waals surface area contributed by atoms with Crippen molar-refractivity contribution in [1.29, 1.82) is 0 Å². The predicted molar refractivity (Wildman–Crippen MR) is 105 cm³/mol. The van der Waals surface area contributed by atoms with Gasteiger partial charge in [-0.15, -0.1) is 0 Å². The smallest absolute Gasteiger partial charge is 0.335 e. The van der Waals surface area contributed by atoms with Crippen molar-refractivity contribution >= 4 is 40.6 Å². The fourth-order valence-electron chi connectivity index (χ4n) is 2.47. The van der Waals surface area contributed by atoms with Crippen molar-refractivity contribution in [3.8, 4) is 0 Å². The molecule has 1 amide bonds. The first-order valence-electron chi connectivity index (χ1n) is 8.02. The summed E-state index contributed by atoms with van der Waals surface area (Å²) >= 11 is 1.31. The Balaban J connectivity index is 1.89. The lowest BCUT2D eigenvalue weighted by Crippen LogP contribution is -2.23. The van der Waals surface area contributed by atoms with E-state index < -0.39 is 5.97 Å². The van der Waals surface area contributed by atoms with Crippen LogP contribution < -0.4 is 0 Å². The van der Waals surface area contributed by atoms with E-state index in [1.807, 2.05) is 32.0 Å². The van der Waals surface area contributed by atoms with E-state index in [1.165, 1.54) is 28.8 Å². The molecule has 0 radical (unpaired) electrons. The van der Waals surface area contributed by atoms with Crippen LogP contribution in [0.3, 0.4) is 0 Å². The molecule has 26 heavy (non-hydrogen) atoms. The van der Waals surface area contributed by atoms with Gasteiger partial charge >= 0.3 is 5.97 Å². The molecule has 0 aromatic heterocycles. The third kappa shape index (κ3) is 3.70. The first-order valence-corrected chi connectivity index (χ1v) is 8.83. The van der Waals surface area contributed by atoms with Crippen LogP contribution in [0.4, 0.5) is 5.69 Å². The Kier molecular flexibility index (Phi) is 4.95. The molecule has 1 saturated heterocycles. The maximum Gasteiger partial charge on any atom is 0.335 e. The number of amides is 1. The molecular formula is C20H18N2O3S. The second kappa shape index (κ2) is 7.17. The third-order valence-electron chi connectivity index (χ3n) is 4.04. The van der Waals surface area contributed by atoms with Crippen LogP contribution in [0.15, 0.2) is 52.4 Å². The Morgan fingerprint density at radius 2 is 1.85 bits per heavy atom. The molecule has 0 atom stereocenters. The van der Waals surface area contributed by atoms with Gasteiger partial charge in [0.25, 0.3) is 5.91 Å². The summed E-state index contributed by atoms with van der Waals surface area (Å²) in [7, 11) is 1.70. The Labute approximate surface area is 156 Å². The lowest BCUT2D eigenvalue weighted by atomic mass is 10.1. The lowest BCUT2D eigenvalue weighted by molar-refractivity contribution is -0.121. The van der Waals surface area contributed by atoms with Crippen LogP contribution >= 0.6 is 11.8 Å². The highest BCUT2D eigenvalue weighted by Crippen LogP contribution is 2.34. The maximum atomic E-state index is 12.5. The quantitative estimate of drug-likeness (QED) is 0.825. The molecule has 132 valence electrons. The van der Waals surface area contributed by atoms with Crippen LogP contribution in [0.1, 0.15) is 27.0 Å². The number of amidine groups is 1. The van der Waals surface area contributed by atoms with Gasteiger partial charge in [-0.25, -0.2) is 9.79 Å². The number of aliphatic imine (C=N–C) groups is 1. The van der Waals surface area contributed by atoms with Crippen LogP contribution in [0.25, 0.3) is 6.08 Å². The number of likely N-dealkylation sites (N-methyl/N-ethyl adjacent to an activating group) is 1. The van der Waals surface area contributed by atoms with Crippen molar-refractivity contribution < 1.29 is 14.7 Å². The molecule has 0 aliphatic carbocycles. The Morgan fingerprint density at radius 3 is 2.50 bits per heavy atom. The molecule has 6 heteroatoms. The van der Waals surface area contributed by atoms with Gasteiger partial charge in [0, 0.05) is 7.05 Å². The Bertz CT molecular complexity index is 946. The molecule has 0 unspecified atom stereocenters. The Morgan fingerprint density at radius 1 is 1.15 bits per heavy atom. The van der Waals surface area contributed by atoms with Gasteiger partial charge in [0.15, 0.2) is 5.17 Å². The van der Waals surface area contributed by atoms with E-state index in [0.717, 1.165) is 22.4 Å². The average Bonchev–Trinajstić information content (AvgIpc) is 2.86. The van der Waals surface area contributed by atoms with Gasteiger partial charge in [0.05, 0.1) is 16.2 Å². The molecule has 1 heterocycles. The fourth-order valence-corrected chi connectivity index (χ4v) is 3.45. The fraction of sp³-hybridized carbons (Fsp3) is 0.150. The molecule has 1 aliphatic heterocycles. The van der Waals surface area contributed by atoms with Crippen LogP contribution in [0.5, 0.6) is 0 Å². The van der Waals surface area contributed by atoms with Gasteiger partial charge in [-0.05, 0) is 66.6 Å². The topological polar surface area (TPSA) is 70.0 Å². The zero-order chi connectivity index (χ0) is 18.8. The van der Waals surface area contributed by atoms with Crippen LogP contribution in [-0.4, -0.2) is 34.1 Å². The second-order valence-electron chi connectivity index (χ2n) is 6.09. The van der Waals surface area contributed by atoms with Gasteiger partial charge in [-0.2, -0.15) is 0 Å². The maximum absolute atomic E-state index is 12.5. The summed E-state index contributed by atoms with van der Waals surface area (Å²) in [6, 6.07) is 12.4. The van der Waals surface area contributed by atoms with Crippen LogP contribution in [-0.2, 0) is 4.79 Å². The number of thioether (sulfide) groups is 1. The summed E-state index contributed by atoms with van der Waals surface area (Å²) in [4.78, 5) is 30.2. The Hall–Kier alpha value is -2.86. The SMILES string of the molecule is Cc1ccc(C)c(N=C2S/C(=C\c3ccc(C(=O)O)cc3)C(=O)N2C)c1. The largest absolute Gasteiger partial charge is 0.478 e. The van der Waals surface area contributed by atoms with E-state index in [1.54, 1.807) is 25.3 Å². The predicted octanol–water partition coefficient (Wildman–Crippen LogP) is 4.24. The number of rotatable bonds is 3. The lowest BCUT2D eigenvalue weighted by Gasteiger charge is -2.08. The first kappa shape index (κ1) is 17.9. The third-order valence-corrected chi connectivity index (χ3v) is 5.10. The standard InChI is InChI=1S/C20H18N2O3S/c1-12-4-5-13(2)16(10-12)21-20-22(3)18(23)17(26-20)11-14-6-8-15(9-7-14)19(24)25/h4-11H,1-3H3,(H,24,25)/b17-11-,21-20?. The van der Waals surface area contributed by atoms with Crippen LogP contribution in [0.2, 0.25) is 0 Å². The molecule has 0 spiro atoms. The minimum Gasteiger partial charge on any atom is -0.478 e. The summed E-state index contributed by atoms with van der Waals surface area (Å²) in [5.41, 5.74) is 3.99. The molecule has 1 N–H and O–H groups in total. The number of hydrogen-bond acceptors (Lipinski definition) is 4. The van der Waals surface area contributed by atoms with Gasteiger partial charge in [-0.3, -0.25) is 9.69 Å². The average molecular weight is 366 g/mol. The van der Waals surface area contributed by atoms with Crippen molar-refractivity contribution in [3.05, 3.63) is 69.6 Å². The molecule has 0 saturated carbocycles. The number of carbonyl (C=O) groups is 2. The van der Waals surface area contributed by atoms with Gasteiger partial charge in [-0.1, -0.05) is 24.3 Å². The van der Waals surface area contributed by atoms with Crippen molar-refractivity contribution in [2.45, 2.75) is 13.8 Å². The van der Waals surface area contributed by atoms with Gasteiger partial charge in [0.1, 0.15) is 0 Å². The number of aromatic carboxylic acids is 1. The van der Waals surface area contributed by atoms with E-state index in [4.69, 9.17) is 5.11 Å². The summed E-state index contributed by atoms with van der Waals surface area (Å²) in [5.74, 6) is -1.10. The summed E-state index contributed by atoms with van der Waals surface area (Å²) in [6.45, 7) is 3.99. The number of carbonyl (C=O) groups excluding carboxylic acids is 1. The van der Waals surface area contributed by atoms with Crippen molar-refractivity contribution in [2.24, 2.45) is 4.99 Å². The number of hydrogen-bond donors (Lipinski definition) is 1. The normalized spacial score (nSPS) is 17.3. The zero-order valence-electron chi connectivity index (χ0n) is 14.7. The molecular weight excluding hydrogens is 348 g/mol. The minimum absolute atomic E-state index is 0.124. The number of nitrogens with zero attached hydrogens (tertiary/aromatic N) is 2.